The molecule has 3 N–H and O–H groups in total. The van der Waals surface area contributed by atoms with Gasteiger partial charge in [-0.1, -0.05) is 31.5 Å². The molecule has 0 saturated heterocycles. The summed E-state index contributed by atoms with van der Waals surface area (Å²) in [6.45, 7) is 7.02. The fraction of sp³-hybridized carbons (Fsp3) is 0.333. The van der Waals surface area contributed by atoms with E-state index in [-0.39, 0.29) is 0 Å². The van der Waals surface area contributed by atoms with Gasteiger partial charge in [0.15, 0.2) is 0 Å². The topological polar surface area (TPSA) is 72.9 Å². The molecule has 1 aromatic heterocycles. The predicted octanol–water partition coefficient (Wildman–Crippen LogP) is 1.78. The van der Waals surface area contributed by atoms with Crippen molar-refractivity contribution in [3.05, 3.63) is 47.3 Å². The van der Waals surface area contributed by atoms with E-state index in [9.17, 15) is 4.79 Å². The van der Waals surface area contributed by atoms with Crippen LogP contribution in [-0.4, -0.2) is 21.7 Å². The molecule has 5 nitrogen and oxygen atoms in total. The van der Waals surface area contributed by atoms with Gasteiger partial charge in [0.25, 0.3) is 5.91 Å². The summed E-state index contributed by atoms with van der Waals surface area (Å²) in [6, 6.07) is 6.56. The molecule has 0 radical (unpaired) electrons. The van der Waals surface area contributed by atoms with Gasteiger partial charge in [0.2, 0.25) is 0 Å². The maximum Gasteiger partial charge on any atom is 0.251 e. The van der Waals surface area contributed by atoms with Crippen LogP contribution in [0.3, 0.4) is 0 Å². The molecule has 0 fully saturated rings. The Bertz CT molecular complexity index is 616. The lowest BCUT2D eigenvalue weighted by Crippen LogP contribution is -2.22. The number of aromatic nitrogens is 2. The first-order valence-electron chi connectivity index (χ1n) is 6.65. The Hall–Kier alpha value is -2.14. The van der Waals surface area contributed by atoms with Crippen molar-refractivity contribution < 1.29 is 4.79 Å². The summed E-state index contributed by atoms with van der Waals surface area (Å²) in [5, 5.41) is 7.61. The van der Waals surface area contributed by atoms with E-state index in [1.54, 1.807) is 10.9 Å². The highest BCUT2D eigenvalue weighted by atomic mass is 16.1. The molecule has 1 aromatic carbocycles. The number of carbonyl (C=O) groups is 1. The van der Waals surface area contributed by atoms with Crippen LogP contribution in [0.15, 0.2) is 30.6 Å². The molecule has 2 aromatic rings. The van der Waals surface area contributed by atoms with Crippen LogP contribution < -0.4 is 11.1 Å². The third-order valence-corrected chi connectivity index (χ3v) is 3.05. The summed E-state index contributed by atoms with van der Waals surface area (Å²) in [6.07, 6.45) is 3.15. The lowest BCUT2D eigenvalue weighted by molar-refractivity contribution is 0.100. The summed E-state index contributed by atoms with van der Waals surface area (Å²) < 4.78 is 1.69. The zero-order chi connectivity index (χ0) is 14.7. The van der Waals surface area contributed by atoms with Crippen LogP contribution in [0.5, 0.6) is 0 Å². The molecule has 5 heteroatoms. The molecule has 0 atom stereocenters. The number of nitrogens with two attached hydrogens (primary N) is 1. The van der Waals surface area contributed by atoms with E-state index in [4.69, 9.17) is 5.73 Å². The van der Waals surface area contributed by atoms with Crippen LogP contribution in [0, 0.1) is 6.92 Å². The molecular formula is C15H20N4O. The predicted molar refractivity (Wildman–Crippen MR) is 78.8 cm³/mol. The van der Waals surface area contributed by atoms with Crippen molar-refractivity contribution in [3.63, 3.8) is 0 Å². The number of carbonyl (C=O) groups excluding carboxylic acids is 1. The van der Waals surface area contributed by atoms with Crippen molar-refractivity contribution in [2.24, 2.45) is 5.73 Å². The van der Waals surface area contributed by atoms with Gasteiger partial charge in [0.1, 0.15) is 0 Å². The van der Waals surface area contributed by atoms with Gasteiger partial charge in [0, 0.05) is 18.8 Å². The lowest BCUT2D eigenvalue weighted by Gasteiger charge is -2.13. The smallest absolute Gasteiger partial charge is 0.251 e. The summed E-state index contributed by atoms with van der Waals surface area (Å²) in [5.41, 5.74) is 8.95. The molecule has 0 aliphatic carbocycles. The second kappa shape index (κ2) is 5.88. The number of aryl methyl sites for hydroxylation is 1. The van der Waals surface area contributed by atoms with E-state index in [0.29, 0.717) is 11.6 Å². The Morgan fingerprint density at radius 1 is 1.45 bits per heavy atom. The minimum atomic E-state index is -0.467. The standard InChI is InChI=1S/C15H20N4O/c1-10(2)17-7-12-6-11(3)4-5-14(12)19-9-13(8-18-19)15(16)20/h4-6,8-10,17H,7H2,1-3H3,(H2,16,20). The van der Waals surface area contributed by atoms with Gasteiger partial charge in [-0.15, -0.1) is 0 Å². The number of amides is 1. The third-order valence-electron chi connectivity index (χ3n) is 3.05. The zero-order valence-corrected chi connectivity index (χ0v) is 12.1. The van der Waals surface area contributed by atoms with Crippen molar-refractivity contribution in [1.82, 2.24) is 15.1 Å². The highest BCUT2D eigenvalue weighted by Crippen LogP contribution is 2.17. The van der Waals surface area contributed by atoms with Crippen LogP contribution >= 0.6 is 0 Å². The molecule has 0 aliphatic heterocycles. The molecule has 1 amide bonds. The molecule has 0 saturated carbocycles. The minimum Gasteiger partial charge on any atom is -0.366 e. The molecule has 0 unspecified atom stereocenters. The second-order valence-electron chi connectivity index (χ2n) is 5.21. The van der Waals surface area contributed by atoms with Crippen molar-refractivity contribution in [2.75, 3.05) is 0 Å². The highest BCUT2D eigenvalue weighted by molar-refractivity contribution is 5.92. The van der Waals surface area contributed by atoms with Gasteiger partial charge in [-0.3, -0.25) is 4.79 Å². The Kier molecular flexibility index (Phi) is 4.20. The normalized spacial score (nSPS) is 11.0. The Labute approximate surface area is 118 Å². The van der Waals surface area contributed by atoms with E-state index >= 15 is 0 Å². The van der Waals surface area contributed by atoms with Gasteiger partial charge in [-0.2, -0.15) is 5.10 Å². The van der Waals surface area contributed by atoms with Crippen molar-refractivity contribution in [3.8, 4) is 5.69 Å². The van der Waals surface area contributed by atoms with Crippen LogP contribution in [0.25, 0.3) is 5.69 Å². The summed E-state index contributed by atoms with van der Waals surface area (Å²) in [7, 11) is 0. The van der Waals surface area contributed by atoms with Crippen LogP contribution in [0.4, 0.5) is 0 Å². The quantitative estimate of drug-likeness (QED) is 0.871. The van der Waals surface area contributed by atoms with Crippen LogP contribution in [0.2, 0.25) is 0 Å². The van der Waals surface area contributed by atoms with Crippen LogP contribution in [-0.2, 0) is 6.54 Å². The molecule has 0 aliphatic rings. The maximum atomic E-state index is 11.2. The first kappa shape index (κ1) is 14.3. The molecule has 1 heterocycles. The van der Waals surface area contributed by atoms with Gasteiger partial charge in [-0.05, 0) is 18.6 Å². The number of hydrogen-bond acceptors (Lipinski definition) is 3. The average molecular weight is 272 g/mol. The molecule has 2 rings (SSSR count). The number of primary amides is 1. The van der Waals surface area contributed by atoms with E-state index < -0.39 is 5.91 Å². The number of nitrogens with one attached hydrogen (secondary N) is 1. The van der Waals surface area contributed by atoms with Gasteiger partial charge >= 0.3 is 0 Å². The van der Waals surface area contributed by atoms with Crippen LogP contribution in [0.1, 0.15) is 35.3 Å². The van der Waals surface area contributed by atoms with Crippen molar-refractivity contribution in [2.45, 2.75) is 33.4 Å². The first-order valence-corrected chi connectivity index (χ1v) is 6.65. The van der Waals surface area contributed by atoms with Gasteiger partial charge in [0.05, 0.1) is 17.4 Å². The number of nitrogens with zero attached hydrogens (tertiary/aromatic N) is 2. The van der Waals surface area contributed by atoms with E-state index in [1.165, 1.54) is 11.8 Å². The molecular weight excluding hydrogens is 252 g/mol. The Balaban J connectivity index is 2.36. The maximum absolute atomic E-state index is 11.2. The highest BCUT2D eigenvalue weighted by Gasteiger charge is 2.09. The largest absolute Gasteiger partial charge is 0.366 e. The van der Waals surface area contributed by atoms with E-state index in [0.717, 1.165) is 17.8 Å². The number of hydrogen-bond donors (Lipinski definition) is 2. The second-order valence-corrected chi connectivity index (χ2v) is 5.21. The van der Waals surface area contributed by atoms with Gasteiger partial charge in [-0.25, -0.2) is 4.68 Å². The van der Waals surface area contributed by atoms with Crippen molar-refractivity contribution in [1.29, 1.82) is 0 Å². The third kappa shape index (κ3) is 3.24. The summed E-state index contributed by atoms with van der Waals surface area (Å²) in [5.74, 6) is -0.467. The van der Waals surface area contributed by atoms with E-state index in [1.807, 2.05) is 12.1 Å². The molecule has 106 valence electrons. The number of rotatable bonds is 5. The first-order chi connectivity index (χ1) is 9.47. The Morgan fingerprint density at radius 2 is 2.20 bits per heavy atom. The van der Waals surface area contributed by atoms with Gasteiger partial charge < -0.3 is 11.1 Å². The molecule has 0 bridgehead atoms. The molecule has 0 spiro atoms. The Morgan fingerprint density at radius 3 is 2.80 bits per heavy atom. The lowest BCUT2D eigenvalue weighted by atomic mass is 10.1. The SMILES string of the molecule is Cc1ccc(-n2cc(C(N)=O)cn2)c(CNC(C)C)c1. The fourth-order valence-electron chi connectivity index (χ4n) is 1.98. The molecule has 20 heavy (non-hydrogen) atoms. The zero-order valence-electron chi connectivity index (χ0n) is 12.1. The average Bonchev–Trinajstić information content (AvgIpc) is 2.86. The fourth-order valence-corrected chi connectivity index (χ4v) is 1.98. The summed E-state index contributed by atoms with van der Waals surface area (Å²) >= 11 is 0. The van der Waals surface area contributed by atoms with E-state index in [2.05, 4.69) is 37.3 Å². The van der Waals surface area contributed by atoms with Crippen molar-refractivity contribution >= 4 is 5.91 Å². The summed E-state index contributed by atoms with van der Waals surface area (Å²) in [4.78, 5) is 11.2. The number of benzene rings is 1. The minimum absolute atomic E-state index is 0.405. The monoisotopic (exact) mass is 272 g/mol.